The summed E-state index contributed by atoms with van der Waals surface area (Å²) in [6.45, 7) is 0. The fourth-order valence-electron chi connectivity index (χ4n) is 2.27. The van der Waals surface area contributed by atoms with E-state index in [-0.39, 0.29) is 5.11 Å². The molecule has 0 saturated heterocycles. The molecule has 18 heavy (non-hydrogen) atoms. The fraction of sp³-hybridized carbons (Fsp3) is 0. The molecule has 0 radical (unpaired) electrons. The first-order chi connectivity index (χ1) is 8.75. The van der Waals surface area contributed by atoms with Gasteiger partial charge < -0.3 is 11.1 Å². The molecule has 0 heterocycles. The third-order valence-corrected chi connectivity index (χ3v) is 3.12. The maximum absolute atomic E-state index is 5.63. The molecule has 0 aliphatic rings. The molecule has 3 N–H and O–H groups in total. The van der Waals surface area contributed by atoms with Crippen molar-refractivity contribution in [3.8, 4) is 0 Å². The van der Waals surface area contributed by atoms with Gasteiger partial charge in [-0.15, -0.1) is 0 Å². The molecule has 0 aliphatic heterocycles. The van der Waals surface area contributed by atoms with Crippen molar-refractivity contribution in [1.82, 2.24) is 0 Å². The van der Waals surface area contributed by atoms with Crippen LogP contribution < -0.4 is 11.1 Å². The Morgan fingerprint density at radius 1 is 0.889 bits per heavy atom. The highest BCUT2D eigenvalue weighted by atomic mass is 32.1. The summed E-state index contributed by atoms with van der Waals surface area (Å²) in [5.41, 5.74) is 6.61. The maximum atomic E-state index is 5.63. The van der Waals surface area contributed by atoms with Crippen molar-refractivity contribution in [2.45, 2.75) is 0 Å². The summed E-state index contributed by atoms with van der Waals surface area (Å²) in [5.74, 6) is 0. The van der Waals surface area contributed by atoms with Gasteiger partial charge in [-0.05, 0) is 29.1 Å². The van der Waals surface area contributed by atoms with Crippen LogP contribution in [0.25, 0.3) is 21.5 Å². The van der Waals surface area contributed by atoms with Gasteiger partial charge in [0.05, 0.1) is 5.69 Å². The fourth-order valence-corrected chi connectivity index (χ4v) is 2.37. The number of hydrogen-bond acceptors (Lipinski definition) is 1. The summed E-state index contributed by atoms with van der Waals surface area (Å²) >= 11 is 4.97. The average molecular weight is 252 g/mol. The van der Waals surface area contributed by atoms with Crippen LogP contribution in [-0.4, -0.2) is 5.11 Å². The van der Waals surface area contributed by atoms with Crippen LogP contribution in [0, 0.1) is 0 Å². The Morgan fingerprint density at radius 3 is 1.89 bits per heavy atom. The summed E-state index contributed by atoms with van der Waals surface area (Å²) < 4.78 is 0. The summed E-state index contributed by atoms with van der Waals surface area (Å²) in [4.78, 5) is 0. The van der Waals surface area contributed by atoms with Crippen molar-refractivity contribution in [3.63, 3.8) is 0 Å². The normalized spacial score (nSPS) is 10.7. The summed E-state index contributed by atoms with van der Waals surface area (Å²) in [6, 6.07) is 18.6. The zero-order valence-electron chi connectivity index (χ0n) is 9.68. The first-order valence-electron chi connectivity index (χ1n) is 5.72. The van der Waals surface area contributed by atoms with Gasteiger partial charge in [0.25, 0.3) is 0 Å². The molecule has 0 amide bonds. The Morgan fingerprint density at radius 2 is 1.39 bits per heavy atom. The quantitative estimate of drug-likeness (QED) is 0.513. The minimum Gasteiger partial charge on any atom is -0.376 e. The molecular weight excluding hydrogens is 240 g/mol. The van der Waals surface area contributed by atoms with E-state index in [9.17, 15) is 0 Å². The number of nitrogens with two attached hydrogens (primary N) is 1. The van der Waals surface area contributed by atoms with Crippen molar-refractivity contribution in [2.75, 3.05) is 5.32 Å². The topological polar surface area (TPSA) is 38.0 Å². The Balaban J connectivity index is 2.45. The highest BCUT2D eigenvalue weighted by Gasteiger charge is 2.07. The first-order valence-corrected chi connectivity index (χ1v) is 6.13. The minimum absolute atomic E-state index is 0.288. The van der Waals surface area contributed by atoms with Gasteiger partial charge in [-0.25, -0.2) is 0 Å². The van der Waals surface area contributed by atoms with Gasteiger partial charge in [-0.3, -0.25) is 0 Å². The molecule has 0 spiro atoms. The molecule has 0 aromatic heterocycles. The van der Waals surface area contributed by atoms with Crippen molar-refractivity contribution in [2.24, 2.45) is 5.73 Å². The van der Waals surface area contributed by atoms with Gasteiger partial charge in [-0.2, -0.15) is 0 Å². The van der Waals surface area contributed by atoms with Crippen molar-refractivity contribution < 1.29 is 0 Å². The number of fused-ring (bicyclic) bond motifs is 2. The van der Waals surface area contributed by atoms with Crippen LogP contribution in [-0.2, 0) is 0 Å². The standard InChI is InChI=1S/C15H12N2S/c16-15(18)17-14-12-7-3-1-5-10(12)9-11-6-2-4-8-13(11)14/h1-9H,(H3,16,17,18). The monoisotopic (exact) mass is 252 g/mol. The van der Waals surface area contributed by atoms with Crippen molar-refractivity contribution in [1.29, 1.82) is 0 Å². The van der Waals surface area contributed by atoms with E-state index in [1.165, 1.54) is 10.8 Å². The van der Waals surface area contributed by atoms with E-state index in [1.54, 1.807) is 0 Å². The van der Waals surface area contributed by atoms with E-state index < -0.39 is 0 Å². The predicted octanol–water partition coefficient (Wildman–Crippen LogP) is 3.65. The lowest BCUT2D eigenvalue weighted by molar-refractivity contribution is 1.67. The molecule has 88 valence electrons. The SMILES string of the molecule is NC(=S)Nc1c2ccccc2cc2ccccc12. The van der Waals surface area contributed by atoms with Crippen LogP contribution >= 0.6 is 12.2 Å². The Bertz CT molecular complexity index is 696. The molecular formula is C15H12N2S. The summed E-state index contributed by atoms with van der Waals surface area (Å²) in [7, 11) is 0. The number of hydrogen-bond donors (Lipinski definition) is 2. The lowest BCUT2D eigenvalue weighted by Crippen LogP contribution is -2.19. The van der Waals surface area contributed by atoms with Gasteiger partial charge in [-0.1, -0.05) is 48.5 Å². The smallest absolute Gasteiger partial charge is 0.168 e. The number of nitrogens with one attached hydrogen (secondary N) is 1. The first kappa shape index (κ1) is 11.0. The minimum atomic E-state index is 0.288. The number of thiocarbonyl (C=S) groups is 1. The molecule has 3 aromatic carbocycles. The Hall–Kier alpha value is -2.13. The van der Waals surface area contributed by atoms with E-state index in [0.717, 1.165) is 16.5 Å². The Kier molecular flexibility index (Phi) is 2.61. The lowest BCUT2D eigenvalue weighted by atomic mass is 10.0. The lowest BCUT2D eigenvalue weighted by Gasteiger charge is -2.12. The van der Waals surface area contributed by atoms with E-state index in [4.69, 9.17) is 18.0 Å². The third-order valence-electron chi connectivity index (χ3n) is 3.02. The second kappa shape index (κ2) is 4.27. The number of benzene rings is 3. The van der Waals surface area contributed by atoms with E-state index in [0.29, 0.717) is 0 Å². The number of rotatable bonds is 1. The molecule has 0 bridgehead atoms. The molecule has 0 saturated carbocycles. The largest absolute Gasteiger partial charge is 0.376 e. The van der Waals surface area contributed by atoms with E-state index in [1.807, 2.05) is 24.3 Å². The van der Waals surface area contributed by atoms with Gasteiger partial charge in [0.2, 0.25) is 0 Å². The van der Waals surface area contributed by atoms with Crippen LogP contribution in [0.2, 0.25) is 0 Å². The third kappa shape index (κ3) is 1.79. The average Bonchev–Trinajstić information content (AvgIpc) is 2.38. The second-order valence-corrected chi connectivity index (χ2v) is 4.62. The number of anilines is 1. The van der Waals surface area contributed by atoms with Crippen molar-refractivity contribution in [3.05, 3.63) is 54.6 Å². The van der Waals surface area contributed by atoms with Gasteiger partial charge in [0, 0.05) is 10.8 Å². The van der Waals surface area contributed by atoms with Crippen LogP contribution in [0.15, 0.2) is 54.6 Å². The molecule has 3 rings (SSSR count). The maximum Gasteiger partial charge on any atom is 0.168 e. The van der Waals surface area contributed by atoms with Gasteiger partial charge in [0.1, 0.15) is 0 Å². The highest BCUT2D eigenvalue weighted by Crippen LogP contribution is 2.32. The molecule has 0 atom stereocenters. The zero-order chi connectivity index (χ0) is 12.5. The summed E-state index contributed by atoms with van der Waals surface area (Å²) in [5, 5.41) is 8.00. The van der Waals surface area contributed by atoms with Crippen LogP contribution in [0.4, 0.5) is 5.69 Å². The van der Waals surface area contributed by atoms with Crippen LogP contribution in [0.3, 0.4) is 0 Å². The van der Waals surface area contributed by atoms with Crippen LogP contribution in [0.5, 0.6) is 0 Å². The van der Waals surface area contributed by atoms with Gasteiger partial charge in [0.15, 0.2) is 5.11 Å². The molecule has 0 aliphatic carbocycles. The molecule has 3 heteroatoms. The van der Waals surface area contributed by atoms with Crippen LogP contribution in [0.1, 0.15) is 0 Å². The van der Waals surface area contributed by atoms with Crippen molar-refractivity contribution >= 4 is 44.6 Å². The van der Waals surface area contributed by atoms with E-state index >= 15 is 0 Å². The molecule has 2 nitrogen and oxygen atoms in total. The Labute approximate surface area is 110 Å². The van der Waals surface area contributed by atoms with Gasteiger partial charge >= 0.3 is 0 Å². The zero-order valence-corrected chi connectivity index (χ0v) is 10.5. The molecule has 3 aromatic rings. The summed E-state index contributed by atoms with van der Waals surface area (Å²) in [6.07, 6.45) is 0. The second-order valence-electron chi connectivity index (χ2n) is 4.18. The predicted molar refractivity (Wildman–Crippen MR) is 81.9 cm³/mol. The highest BCUT2D eigenvalue weighted by molar-refractivity contribution is 7.80. The molecule has 0 unspecified atom stereocenters. The molecule has 0 fully saturated rings. The van der Waals surface area contributed by atoms with E-state index in [2.05, 4.69) is 35.6 Å².